The number of fused-ring (bicyclic) bond motifs is 1. The highest BCUT2D eigenvalue weighted by molar-refractivity contribution is 6.82. The van der Waals surface area contributed by atoms with Gasteiger partial charge in [-0.15, -0.1) is 0 Å². The molecule has 3 aromatic rings. The maximum Gasteiger partial charge on any atom is 0.370 e. The lowest BCUT2D eigenvalue weighted by molar-refractivity contribution is -0.134. The maximum absolute atomic E-state index is 12.9. The van der Waals surface area contributed by atoms with Gasteiger partial charge in [-0.25, -0.2) is 4.79 Å². The number of amides is 1. The summed E-state index contributed by atoms with van der Waals surface area (Å²) in [6.07, 6.45) is 0. The van der Waals surface area contributed by atoms with Crippen LogP contribution in [0.2, 0.25) is 0 Å². The summed E-state index contributed by atoms with van der Waals surface area (Å²) in [6.45, 7) is 2.09. The second-order valence-electron chi connectivity index (χ2n) is 6.77. The third-order valence-electron chi connectivity index (χ3n) is 4.55. The number of rotatable bonds is 6. The summed E-state index contributed by atoms with van der Waals surface area (Å²) in [5.41, 5.74) is 4.36. The van der Waals surface area contributed by atoms with Crippen LogP contribution in [0.15, 0.2) is 71.8 Å². The van der Waals surface area contributed by atoms with Crippen LogP contribution >= 0.6 is 11.6 Å². The van der Waals surface area contributed by atoms with Crippen molar-refractivity contribution in [1.82, 2.24) is 4.90 Å². The van der Waals surface area contributed by atoms with Crippen molar-refractivity contribution in [2.75, 3.05) is 25.6 Å². The molecule has 7 heteroatoms. The van der Waals surface area contributed by atoms with E-state index in [0.29, 0.717) is 11.3 Å². The number of carbonyl (C=O) groups is 2. The lowest BCUT2D eigenvalue weighted by atomic mass is 10.1. The number of nitrogens with zero attached hydrogens (tertiary/aromatic N) is 2. The molecule has 0 aliphatic rings. The van der Waals surface area contributed by atoms with E-state index in [9.17, 15) is 9.59 Å². The summed E-state index contributed by atoms with van der Waals surface area (Å²) in [5.74, 6) is 5.23. The average Bonchev–Trinajstić information content (AvgIpc) is 2.82. The Bertz CT molecular complexity index is 1220. The van der Waals surface area contributed by atoms with E-state index in [-0.39, 0.29) is 24.2 Å². The van der Waals surface area contributed by atoms with Crippen molar-refractivity contribution in [1.29, 1.82) is 0 Å². The number of carbonyl (C=O) groups excluding carboxylic acids is 2. The van der Waals surface area contributed by atoms with Gasteiger partial charge < -0.3 is 9.64 Å². The van der Waals surface area contributed by atoms with Crippen molar-refractivity contribution in [3.63, 3.8) is 0 Å². The van der Waals surface area contributed by atoms with Crippen LogP contribution in [0.1, 0.15) is 22.8 Å². The minimum Gasteiger partial charge on any atom is -0.461 e. The first-order chi connectivity index (χ1) is 15.5. The van der Waals surface area contributed by atoms with Crippen molar-refractivity contribution in [2.45, 2.75) is 6.92 Å². The van der Waals surface area contributed by atoms with Crippen molar-refractivity contribution >= 4 is 45.1 Å². The normalized spacial score (nSPS) is 10.8. The number of esters is 1. The molecular formula is C25H22ClN3O3. The monoisotopic (exact) mass is 447 g/mol. The number of halogens is 1. The predicted molar refractivity (Wildman–Crippen MR) is 128 cm³/mol. The number of hydrogen-bond acceptors (Lipinski definition) is 5. The standard InChI is InChI=1S/C25H22ClN3O3/c1-3-32-25(31)23(26)28-27-22-16-7-6-15-21(22)24(30)29(2)17-9-13-19-12-8-11-18-10-4-5-14-20(18)19/h4-8,10-12,14-16,27H,3,17H2,1-2H3/b28-23+. The van der Waals surface area contributed by atoms with E-state index in [2.05, 4.69) is 22.4 Å². The topological polar surface area (TPSA) is 71.0 Å². The number of benzene rings is 3. The Morgan fingerprint density at radius 3 is 2.59 bits per heavy atom. The van der Waals surface area contributed by atoms with Gasteiger partial charge in [0.15, 0.2) is 0 Å². The van der Waals surface area contributed by atoms with Crippen molar-refractivity contribution in [3.05, 3.63) is 77.9 Å². The lowest BCUT2D eigenvalue weighted by Gasteiger charge is -2.16. The van der Waals surface area contributed by atoms with Crippen LogP contribution in [-0.4, -0.2) is 42.1 Å². The zero-order chi connectivity index (χ0) is 22.9. The Hall–Kier alpha value is -3.82. The molecule has 0 spiro atoms. The molecule has 0 aromatic heterocycles. The van der Waals surface area contributed by atoms with Gasteiger partial charge in [-0.3, -0.25) is 10.2 Å². The molecule has 0 radical (unpaired) electrons. The van der Waals surface area contributed by atoms with Crippen LogP contribution in [0.4, 0.5) is 5.69 Å². The van der Waals surface area contributed by atoms with Gasteiger partial charge in [-0.05, 0) is 35.9 Å². The second kappa shape index (κ2) is 11.0. The summed E-state index contributed by atoms with van der Waals surface area (Å²) < 4.78 is 4.78. The molecule has 162 valence electrons. The number of hydrazone groups is 1. The molecular weight excluding hydrogens is 426 g/mol. The molecule has 0 saturated carbocycles. The smallest absolute Gasteiger partial charge is 0.370 e. The summed E-state index contributed by atoms with van der Waals surface area (Å²) in [6, 6.07) is 20.8. The highest BCUT2D eigenvalue weighted by Gasteiger charge is 2.15. The minimum atomic E-state index is -0.744. The van der Waals surface area contributed by atoms with Crippen molar-refractivity contribution < 1.29 is 14.3 Å². The van der Waals surface area contributed by atoms with Crippen LogP contribution in [0.5, 0.6) is 0 Å². The molecule has 3 rings (SSSR count). The third-order valence-corrected chi connectivity index (χ3v) is 4.79. The maximum atomic E-state index is 12.9. The van der Waals surface area contributed by atoms with Gasteiger partial charge in [-0.2, -0.15) is 5.10 Å². The molecule has 0 unspecified atom stereocenters. The van der Waals surface area contributed by atoms with Crippen LogP contribution in [-0.2, 0) is 9.53 Å². The van der Waals surface area contributed by atoms with Crippen LogP contribution in [0, 0.1) is 11.8 Å². The van der Waals surface area contributed by atoms with Gasteiger partial charge in [0, 0.05) is 12.6 Å². The molecule has 6 nitrogen and oxygen atoms in total. The van der Waals surface area contributed by atoms with Crippen LogP contribution in [0.3, 0.4) is 0 Å². The number of nitrogens with one attached hydrogen (secondary N) is 1. The highest BCUT2D eigenvalue weighted by atomic mass is 35.5. The van der Waals surface area contributed by atoms with Crippen molar-refractivity contribution in [2.24, 2.45) is 5.10 Å². The average molecular weight is 448 g/mol. The Labute approximate surface area is 191 Å². The van der Waals surface area contributed by atoms with Gasteiger partial charge in [0.05, 0.1) is 24.4 Å². The lowest BCUT2D eigenvalue weighted by Crippen LogP contribution is -2.27. The van der Waals surface area contributed by atoms with Crippen LogP contribution in [0.25, 0.3) is 10.8 Å². The Balaban J connectivity index is 1.72. The third kappa shape index (κ3) is 5.65. The van der Waals surface area contributed by atoms with E-state index >= 15 is 0 Å². The fourth-order valence-corrected chi connectivity index (χ4v) is 3.07. The molecule has 1 N–H and O–H groups in total. The number of hydrogen-bond donors (Lipinski definition) is 1. The zero-order valence-corrected chi connectivity index (χ0v) is 18.5. The molecule has 0 aliphatic carbocycles. The zero-order valence-electron chi connectivity index (χ0n) is 17.8. The van der Waals surface area contributed by atoms with E-state index < -0.39 is 5.97 Å². The van der Waals surface area contributed by atoms with Crippen molar-refractivity contribution in [3.8, 4) is 11.8 Å². The van der Waals surface area contributed by atoms with Gasteiger partial charge in [0.25, 0.3) is 5.91 Å². The van der Waals surface area contributed by atoms with E-state index in [4.69, 9.17) is 16.3 Å². The first-order valence-corrected chi connectivity index (χ1v) is 10.4. The predicted octanol–water partition coefficient (Wildman–Crippen LogP) is 4.49. The number of para-hydroxylation sites is 1. The van der Waals surface area contributed by atoms with E-state index in [1.807, 2.05) is 42.5 Å². The van der Waals surface area contributed by atoms with E-state index in [1.54, 1.807) is 38.2 Å². The fraction of sp³-hybridized carbons (Fsp3) is 0.160. The van der Waals surface area contributed by atoms with Crippen LogP contribution < -0.4 is 5.43 Å². The summed E-state index contributed by atoms with van der Waals surface area (Å²) in [4.78, 5) is 26.0. The summed E-state index contributed by atoms with van der Waals surface area (Å²) in [7, 11) is 1.67. The number of ether oxygens (including phenoxy) is 1. The molecule has 32 heavy (non-hydrogen) atoms. The quantitative estimate of drug-likeness (QED) is 0.261. The number of anilines is 1. The summed E-state index contributed by atoms with van der Waals surface area (Å²) in [5, 5.41) is 5.64. The minimum absolute atomic E-state index is 0.185. The molecule has 0 aliphatic heterocycles. The Morgan fingerprint density at radius 1 is 1.06 bits per heavy atom. The van der Waals surface area contributed by atoms with Gasteiger partial charge in [0.1, 0.15) is 0 Å². The van der Waals surface area contributed by atoms with E-state index in [0.717, 1.165) is 16.3 Å². The largest absolute Gasteiger partial charge is 0.461 e. The van der Waals surface area contributed by atoms with Gasteiger partial charge >= 0.3 is 5.97 Å². The van der Waals surface area contributed by atoms with Gasteiger partial charge in [-0.1, -0.05) is 72.0 Å². The molecule has 0 bridgehead atoms. The molecule has 0 atom stereocenters. The molecule has 3 aromatic carbocycles. The Morgan fingerprint density at radius 2 is 1.78 bits per heavy atom. The fourth-order valence-electron chi connectivity index (χ4n) is 2.98. The molecule has 0 fully saturated rings. The van der Waals surface area contributed by atoms with E-state index in [1.165, 1.54) is 4.90 Å². The molecule has 0 heterocycles. The first-order valence-electron chi connectivity index (χ1n) is 9.98. The Kier molecular flexibility index (Phi) is 7.85. The highest BCUT2D eigenvalue weighted by Crippen LogP contribution is 2.18. The summed E-state index contributed by atoms with van der Waals surface area (Å²) >= 11 is 5.82. The van der Waals surface area contributed by atoms with Gasteiger partial charge in [0.2, 0.25) is 5.17 Å². The second-order valence-corrected chi connectivity index (χ2v) is 7.13. The first kappa shape index (κ1) is 22.9. The molecule has 1 amide bonds. The molecule has 0 saturated heterocycles. The SMILES string of the molecule is CCOC(=O)/C(Cl)=N\Nc1ccccc1C(=O)N(C)CC#Cc1cccc2ccccc12.